The molecule has 1 atom stereocenters. The molecule has 0 spiro atoms. The first-order valence-corrected chi connectivity index (χ1v) is 14.0. The van der Waals surface area contributed by atoms with Crippen molar-refractivity contribution in [2.24, 2.45) is 0 Å². The number of nitrogens with one attached hydrogen (secondary N) is 1. The van der Waals surface area contributed by atoms with Crippen LogP contribution in [0.4, 0.5) is 0 Å². The molecule has 1 N–H and O–H groups in total. The van der Waals surface area contributed by atoms with Crippen LogP contribution in [-0.4, -0.2) is 23.0 Å². The lowest BCUT2D eigenvalue weighted by molar-refractivity contribution is 0.207. The van der Waals surface area contributed by atoms with Crippen LogP contribution in [-0.2, 0) is 20.2 Å². The van der Waals surface area contributed by atoms with E-state index in [1.165, 1.54) is 0 Å². The van der Waals surface area contributed by atoms with Crippen LogP contribution in [0.3, 0.4) is 0 Å². The van der Waals surface area contributed by atoms with Gasteiger partial charge in [0.1, 0.15) is 5.78 Å². The van der Waals surface area contributed by atoms with Crippen molar-refractivity contribution in [3.05, 3.63) is 107 Å². The van der Waals surface area contributed by atoms with Crippen molar-refractivity contribution in [3.63, 3.8) is 0 Å². The summed E-state index contributed by atoms with van der Waals surface area (Å²) < 4.78 is 28.6. The van der Waals surface area contributed by atoms with Crippen LogP contribution in [0.2, 0.25) is 0 Å². The smallest absolute Gasteiger partial charge is 0.308 e. The number of para-hydroxylation sites is 1. The van der Waals surface area contributed by atoms with Crippen molar-refractivity contribution < 1.29 is 13.6 Å². The van der Waals surface area contributed by atoms with E-state index in [1.54, 1.807) is 0 Å². The predicted octanol–water partition coefficient (Wildman–Crippen LogP) is 7.36. The molecule has 0 saturated carbocycles. The Balaban J connectivity index is 1.85. The monoisotopic (exact) mass is 553 g/mol. The molecule has 0 aliphatic rings. The van der Waals surface area contributed by atoms with Crippen LogP contribution in [0.15, 0.2) is 95.6 Å². The Hall–Kier alpha value is -2.54. The number of halogens is 1. The van der Waals surface area contributed by atoms with Gasteiger partial charge in [0.05, 0.1) is 24.6 Å². The van der Waals surface area contributed by atoms with E-state index < -0.39 is 13.4 Å². The molecule has 0 saturated heterocycles. The van der Waals surface area contributed by atoms with Gasteiger partial charge < -0.3 is 9.05 Å². The van der Waals surface area contributed by atoms with E-state index in [-0.39, 0.29) is 13.2 Å². The molecule has 1 aromatic heterocycles. The SMILES string of the molecule is CCOP(=O)(OCC)C(NCc1ccccc1)c1cn(-c2ccccc2)nc1-c1ccc(Br)cc1. The maximum atomic E-state index is 14.2. The van der Waals surface area contributed by atoms with Gasteiger partial charge in [0, 0.05) is 28.3 Å². The Bertz CT molecular complexity index is 1250. The number of nitrogens with zero attached hydrogens (tertiary/aromatic N) is 2. The molecule has 4 rings (SSSR count). The molecule has 4 aromatic rings. The molecule has 0 aliphatic heterocycles. The number of benzene rings is 3. The summed E-state index contributed by atoms with van der Waals surface area (Å²) in [6.45, 7) is 4.67. The lowest BCUT2D eigenvalue weighted by Crippen LogP contribution is -2.23. The van der Waals surface area contributed by atoms with Gasteiger partial charge in [-0.2, -0.15) is 5.10 Å². The highest BCUT2D eigenvalue weighted by molar-refractivity contribution is 9.10. The number of rotatable bonds is 11. The van der Waals surface area contributed by atoms with Gasteiger partial charge in [0.25, 0.3) is 0 Å². The molecule has 1 unspecified atom stereocenters. The van der Waals surface area contributed by atoms with Gasteiger partial charge in [-0.1, -0.05) is 76.6 Å². The molecule has 1 heterocycles. The molecule has 0 fully saturated rings. The average molecular weight is 554 g/mol. The standard InChI is InChI=1S/C27H29BrN3O3P/c1-3-33-35(32,34-4-2)27(29-19-21-11-7-5-8-12-21)25-20-31(24-13-9-6-10-14-24)30-26(25)22-15-17-23(28)18-16-22/h5-18,20,27,29H,3-4,19H2,1-2H3. The summed E-state index contributed by atoms with van der Waals surface area (Å²) in [5.74, 6) is -0.723. The molecule has 0 amide bonds. The average Bonchev–Trinajstić information content (AvgIpc) is 3.31. The fourth-order valence-corrected chi connectivity index (χ4v) is 6.08. The van der Waals surface area contributed by atoms with E-state index in [2.05, 4.69) is 21.2 Å². The van der Waals surface area contributed by atoms with Crippen LogP contribution in [0.1, 0.15) is 30.8 Å². The zero-order valence-electron chi connectivity index (χ0n) is 19.8. The molecule has 0 radical (unpaired) electrons. The van der Waals surface area contributed by atoms with E-state index in [1.807, 2.05) is 110 Å². The lowest BCUT2D eigenvalue weighted by atomic mass is 10.1. The molecular weight excluding hydrogens is 525 g/mol. The van der Waals surface area contributed by atoms with Gasteiger partial charge in [-0.15, -0.1) is 0 Å². The predicted molar refractivity (Wildman–Crippen MR) is 144 cm³/mol. The summed E-state index contributed by atoms with van der Waals surface area (Å²) in [5.41, 5.74) is 4.34. The third-order valence-electron chi connectivity index (χ3n) is 5.45. The summed E-state index contributed by atoms with van der Waals surface area (Å²) in [6.07, 6.45) is 1.92. The molecular formula is C27H29BrN3O3P. The van der Waals surface area contributed by atoms with E-state index >= 15 is 0 Å². The topological polar surface area (TPSA) is 65.4 Å². The second-order valence-corrected chi connectivity index (χ2v) is 10.9. The number of aromatic nitrogens is 2. The normalized spacial score (nSPS) is 12.5. The molecule has 182 valence electrons. The zero-order valence-corrected chi connectivity index (χ0v) is 22.3. The maximum Gasteiger partial charge on any atom is 0.352 e. The van der Waals surface area contributed by atoms with E-state index in [0.29, 0.717) is 12.2 Å². The minimum atomic E-state index is -3.60. The number of hydrogen-bond donors (Lipinski definition) is 1. The van der Waals surface area contributed by atoms with Crippen LogP contribution in [0.25, 0.3) is 16.9 Å². The van der Waals surface area contributed by atoms with Gasteiger partial charge in [-0.05, 0) is 43.7 Å². The maximum absolute atomic E-state index is 14.2. The van der Waals surface area contributed by atoms with Gasteiger partial charge in [0.15, 0.2) is 0 Å². The first-order chi connectivity index (χ1) is 17.0. The Morgan fingerprint density at radius 1 is 0.914 bits per heavy atom. The van der Waals surface area contributed by atoms with Crippen molar-refractivity contribution in [1.29, 1.82) is 0 Å². The largest absolute Gasteiger partial charge is 0.352 e. The summed E-state index contributed by atoms with van der Waals surface area (Å²) in [7, 11) is -3.60. The van der Waals surface area contributed by atoms with Crippen LogP contribution < -0.4 is 5.32 Å². The quantitative estimate of drug-likeness (QED) is 0.196. The minimum absolute atomic E-state index is 0.265. The van der Waals surface area contributed by atoms with Gasteiger partial charge in [-0.3, -0.25) is 9.88 Å². The molecule has 0 bridgehead atoms. The second kappa shape index (κ2) is 11.9. The summed E-state index contributed by atoms with van der Waals surface area (Å²) in [5, 5.41) is 8.39. The molecule has 8 heteroatoms. The van der Waals surface area contributed by atoms with E-state index in [4.69, 9.17) is 14.1 Å². The molecule has 35 heavy (non-hydrogen) atoms. The third-order valence-corrected chi connectivity index (χ3v) is 8.31. The zero-order chi connectivity index (χ0) is 24.7. The summed E-state index contributed by atoms with van der Waals surface area (Å²) in [4.78, 5) is 0. The fourth-order valence-electron chi connectivity index (χ4n) is 3.88. The lowest BCUT2D eigenvalue weighted by Gasteiger charge is -2.27. The van der Waals surface area contributed by atoms with Crippen molar-refractivity contribution in [1.82, 2.24) is 15.1 Å². The van der Waals surface area contributed by atoms with Crippen LogP contribution >= 0.6 is 23.5 Å². The van der Waals surface area contributed by atoms with Crippen LogP contribution in [0, 0.1) is 0 Å². The Kier molecular flexibility index (Phi) is 8.71. The fraction of sp³-hybridized carbons (Fsp3) is 0.222. The van der Waals surface area contributed by atoms with E-state index in [9.17, 15) is 4.57 Å². The van der Waals surface area contributed by atoms with Crippen molar-refractivity contribution >= 4 is 23.5 Å². The Morgan fingerprint density at radius 2 is 1.51 bits per heavy atom. The minimum Gasteiger partial charge on any atom is -0.308 e. The highest BCUT2D eigenvalue weighted by Crippen LogP contribution is 2.60. The second-order valence-electron chi connectivity index (χ2n) is 7.86. The number of hydrogen-bond acceptors (Lipinski definition) is 5. The highest BCUT2D eigenvalue weighted by Gasteiger charge is 2.39. The van der Waals surface area contributed by atoms with Crippen molar-refractivity contribution in [2.45, 2.75) is 26.2 Å². The Labute approximate surface area is 215 Å². The van der Waals surface area contributed by atoms with Gasteiger partial charge in [0.2, 0.25) is 0 Å². The summed E-state index contributed by atoms with van der Waals surface area (Å²) >= 11 is 3.51. The van der Waals surface area contributed by atoms with Crippen molar-refractivity contribution in [2.75, 3.05) is 13.2 Å². The molecule has 0 aliphatic carbocycles. The molecule has 3 aromatic carbocycles. The van der Waals surface area contributed by atoms with Crippen LogP contribution in [0.5, 0.6) is 0 Å². The third kappa shape index (κ3) is 6.18. The first-order valence-electron chi connectivity index (χ1n) is 11.6. The summed E-state index contributed by atoms with van der Waals surface area (Å²) in [6, 6.07) is 27.8. The van der Waals surface area contributed by atoms with Crippen molar-refractivity contribution in [3.8, 4) is 16.9 Å². The molecule has 6 nitrogen and oxygen atoms in total. The highest BCUT2D eigenvalue weighted by atomic mass is 79.9. The van der Waals surface area contributed by atoms with Gasteiger partial charge >= 0.3 is 7.60 Å². The van der Waals surface area contributed by atoms with Gasteiger partial charge in [-0.25, -0.2) is 4.68 Å². The Morgan fingerprint density at radius 3 is 2.11 bits per heavy atom. The first kappa shape index (κ1) is 25.5. The van der Waals surface area contributed by atoms with E-state index in [0.717, 1.165) is 26.9 Å².